The first-order chi connectivity index (χ1) is 7.74. The Kier molecular flexibility index (Phi) is 2.97. The Morgan fingerprint density at radius 2 is 2.31 bits per heavy atom. The smallest absolute Gasteiger partial charge is 0.160 e. The SMILES string of the molecule is COc1cc(C(C#N)NC2CC2)ccc1O. The minimum atomic E-state index is -0.331. The van der Waals surface area contributed by atoms with Crippen LogP contribution in [-0.2, 0) is 0 Å². The molecule has 2 N–H and O–H groups in total. The van der Waals surface area contributed by atoms with Gasteiger partial charge < -0.3 is 9.84 Å². The second-order valence-corrected chi connectivity index (χ2v) is 3.93. The first kappa shape index (κ1) is 10.8. The van der Waals surface area contributed by atoms with Crippen molar-refractivity contribution in [1.82, 2.24) is 5.32 Å². The molecule has 4 nitrogen and oxygen atoms in total. The van der Waals surface area contributed by atoms with E-state index < -0.39 is 0 Å². The first-order valence-electron chi connectivity index (χ1n) is 5.27. The van der Waals surface area contributed by atoms with Crippen LogP contribution < -0.4 is 10.1 Å². The molecule has 1 aromatic rings. The van der Waals surface area contributed by atoms with Crippen molar-refractivity contribution < 1.29 is 9.84 Å². The Morgan fingerprint density at radius 1 is 1.56 bits per heavy atom. The molecule has 0 aromatic heterocycles. The molecule has 2 rings (SSSR count). The molecule has 0 aliphatic heterocycles. The lowest BCUT2D eigenvalue weighted by atomic mass is 10.1. The highest BCUT2D eigenvalue weighted by molar-refractivity contribution is 5.43. The first-order valence-corrected chi connectivity index (χ1v) is 5.27. The summed E-state index contributed by atoms with van der Waals surface area (Å²) in [6.45, 7) is 0. The quantitative estimate of drug-likeness (QED) is 0.807. The van der Waals surface area contributed by atoms with Crippen molar-refractivity contribution in [1.29, 1.82) is 5.26 Å². The summed E-state index contributed by atoms with van der Waals surface area (Å²) in [5, 5.41) is 21.8. The van der Waals surface area contributed by atoms with Crippen LogP contribution in [0.1, 0.15) is 24.4 Å². The van der Waals surface area contributed by atoms with E-state index in [2.05, 4.69) is 11.4 Å². The minimum Gasteiger partial charge on any atom is -0.504 e. The predicted molar refractivity (Wildman–Crippen MR) is 59.2 cm³/mol. The largest absolute Gasteiger partial charge is 0.504 e. The third-order valence-corrected chi connectivity index (χ3v) is 2.65. The zero-order valence-corrected chi connectivity index (χ0v) is 9.10. The standard InChI is InChI=1S/C12H14N2O2/c1-16-12-6-8(2-5-11(12)15)10(7-13)14-9-3-4-9/h2,5-6,9-10,14-15H,3-4H2,1H3. The number of rotatable bonds is 4. The number of nitrogens with zero attached hydrogens (tertiary/aromatic N) is 1. The zero-order valence-electron chi connectivity index (χ0n) is 9.10. The summed E-state index contributed by atoms with van der Waals surface area (Å²) in [6.07, 6.45) is 2.26. The highest BCUT2D eigenvalue weighted by Crippen LogP contribution is 2.30. The van der Waals surface area contributed by atoms with Crippen LogP contribution in [0, 0.1) is 11.3 Å². The van der Waals surface area contributed by atoms with Gasteiger partial charge in [0.15, 0.2) is 11.5 Å². The van der Waals surface area contributed by atoms with Crippen molar-refractivity contribution in [2.24, 2.45) is 0 Å². The molecule has 0 spiro atoms. The van der Waals surface area contributed by atoms with E-state index in [0.29, 0.717) is 11.8 Å². The fourth-order valence-electron chi connectivity index (χ4n) is 1.57. The maximum absolute atomic E-state index is 9.46. The molecule has 1 aromatic carbocycles. The summed E-state index contributed by atoms with van der Waals surface area (Å²) in [4.78, 5) is 0. The molecule has 1 fully saturated rings. The highest BCUT2D eigenvalue weighted by atomic mass is 16.5. The lowest BCUT2D eigenvalue weighted by Gasteiger charge is -2.12. The minimum absolute atomic E-state index is 0.0920. The van der Waals surface area contributed by atoms with Crippen molar-refractivity contribution in [3.8, 4) is 17.6 Å². The van der Waals surface area contributed by atoms with E-state index in [-0.39, 0.29) is 11.8 Å². The molecule has 0 amide bonds. The van der Waals surface area contributed by atoms with Crippen LogP contribution in [-0.4, -0.2) is 18.3 Å². The van der Waals surface area contributed by atoms with E-state index in [4.69, 9.17) is 10.00 Å². The Hall–Kier alpha value is -1.73. The van der Waals surface area contributed by atoms with E-state index in [1.54, 1.807) is 18.2 Å². The summed E-state index contributed by atoms with van der Waals surface area (Å²) in [5.74, 6) is 0.490. The Labute approximate surface area is 94.5 Å². The van der Waals surface area contributed by atoms with Gasteiger partial charge in [0.2, 0.25) is 0 Å². The lowest BCUT2D eigenvalue weighted by Crippen LogP contribution is -2.21. The number of ether oxygens (including phenoxy) is 1. The second-order valence-electron chi connectivity index (χ2n) is 3.93. The van der Waals surface area contributed by atoms with Gasteiger partial charge in [-0.3, -0.25) is 5.32 Å². The van der Waals surface area contributed by atoms with Crippen LogP contribution >= 0.6 is 0 Å². The fraction of sp³-hybridized carbons (Fsp3) is 0.417. The van der Waals surface area contributed by atoms with Gasteiger partial charge in [-0.1, -0.05) is 6.07 Å². The van der Waals surface area contributed by atoms with Crippen LogP contribution in [0.3, 0.4) is 0 Å². The summed E-state index contributed by atoms with van der Waals surface area (Å²) < 4.78 is 5.01. The van der Waals surface area contributed by atoms with Gasteiger partial charge in [-0.15, -0.1) is 0 Å². The molecule has 1 atom stereocenters. The van der Waals surface area contributed by atoms with Crippen LogP contribution in [0.25, 0.3) is 0 Å². The molecule has 0 radical (unpaired) electrons. The van der Waals surface area contributed by atoms with Gasteiger partial charge in [-0.25, -0.2) is 0 Å². The van der Waals surface area contributed by atoms with Gasteiger partial charge in [0.1, 0.15) is 6.04 Å². The summed E-state index contributed by atoms with van der Waals surface area (Å²) >= 11 is 0. The number of benzene rings is 1. The predicted octanol–water partition coefficient (Wildman–Crippen LogP) is 1.72. The third-order valence-electron chi connectivity index (χ3n) is 2.65. The van der Waals surface area contributed by atoms with E-state index in [1.807, 2.05) is 0 Å². The van der Waals surface area contributed by atoms with Gasteiger partial charge in [0.25, 0.3) is 0 Å². The molecule has 4 heteroatoms. The Bertz CT molecular complexity index is 422. The maximum Gasteiger partial charge on any atom is 0.160 e. The molecule has 1 aliphatic rings. The summed E-state index contributed by atoms with van der Waals surface area (Å²) in [7, 11) is 1.49. The number of phenolic OH excluding ortho intramolecular Hbond substituents is 1. The molecule has 84 valence electrons. The van der Waals surface area contributed by atoms with E-state index in [9.17, 15) is 5.11 Å². The van der Waals surface area contributed by atoms with Crippen LogP contribution in [0.4, 0.5) is 0 Å². The molecular weight excluding hydrogens is 204 g/mol. The number of aromatic hydroxyl groups is 1. The zero-order chi connectivity index (χ0) is 11.5. The maximum atomic E-state index is 9.46. The molecule has 0 saturated heterocycles. The van der Waals surface area contributed by atoms with Crippen LogP contribution in [0.15, 0.2) is 18.2 Å². The fourth-order valence-corrected chi connectivity index (χ4v) is 1.57. The monoisotopic (exact) mass is 218 g/mol. The van der Waals surface area contributed by atoms with Crippen molar-refractivity contribution in [3.05, 3.63) is 23.8 Å². The Balaban J connectivity index is 2.20. The molecule has 0 heterocycles. The van der Waals surface area contributed by atoms with Crippen molar-refractivity contribution >= 4 is 0 Å². The average molecular weight is 218 g/mol. The average Bonchev–Trinajstić information content (AvgIpc) is 3.11. The lowest BCUT2D eigenvalue weighted by molar-refractivity contribution is 0.372. The molecule has 0 bridgehead atoms. The van der Waals surface area contributed by atoms with Crippen LogP contribution in [0.2, 0.25) is 0 Å². The molecule has 1 saturated carbocycles. The van der Waals surface area contributed by atoms with E-state index >= 15 is 0 Å². The number of methoxy groups -OCH3 is 1. The topological polar surface area (TPSA) is 65.3 Å². The van der Waals surface area contributed by atoms with Crippen molar-refractivity contribution in [3.63, 3.8) is 0 Å². The molecule has 16 heavy (non-hydrogen) atoms. The molecular formula is C12H14N2O2. The van der Waals surface area contributed by atoms with Crippen molar-refractivity contribution in [2.75, 3.05) is 7.11 Å². The van der Waals surface area contributed by atoms with Gasteiger partial charge >= 0.3 is 0 Å². The molecule has 1 aliphatic carbocycles. The van der Waals surface area contributed by atoms with E-state index in [1.165, 1.54) is 7.11 Å². The number of hydrogen-bond donors (Lipinski definition) is 2. The third kappa shape index (κ3) is 2.26. The van der Waals surface area contributed by atoms with Crippen molar-refractivity contribution in [2.45, 2.75) is 24.9 Å². The molecule has 1 unspecified atom stereocenters. The second kappa shape index (κ2) is 4.42. The number of nitriles is 1. The normalized spacial score (nSPS) is 16.5. The summed E-state index contributed by atoms with van der Waals surface area (Å²) in [5.41, 5.74) is 0.823. The highest BCUT2D eigenvalue weighted by Gasteiger charge is 2.25. The number of hydrogen-bond acceptors (Lipinski definition) is 4. The number of nitrogens with one attached hydrogen (secondary N) is 1. The van der Waals surface area contributed by atoms with Gasteiger partial charge in [0, 0.05) is 6.04 Å². The van der Waals surface area contributed by atoms with Gasteiger partial charge in [0.05, 0.1) is 13.2 Å². The van der Waals surface area contributed by atoms with Gasteiger partial charge in [-0.05, 0) is 30.5 Å². The summed E-state index contributed by atoms with van der Waals surface area (Å²) in [6, 6.07) is 7.32. The van der Waals surface area contributed by atoms with Crippen LogP contribution in [0.5, 0.6) is 11.5 Å². The van der Waals surface area contributed by atoms with Gasteiger partial charge in [-0.2, -0.15) is 5.26 Å². The van der Waals surface area contributed by atoms with E-state index in [0.717, 1.165) is 18.4 Å². The number of phenols is 1. The Morgan fingerprint density at radius 3 is 2.88 bits per heavy atom.